The Labute approximate surface area is 49.5 Å². The Morgan fingerprint density at radius 2 is 2.29 bits per heavy atom. The van der Waals surface area contributed by atoms with E-state index in [0.29, 0.717) is 6.29 Å². The second kappa shape index (κ2) is 5.53. The van der Waals surface area contributed by atoms with Crippen LogP contribution in [0, 0.1) is 0 Å². The van der Waals surface area contributed by atoms with Gasteiger partial charge >= 0.3 is 48.8 Å². The number of carbonyl (C=O) groups excluding carboxylic acids is 1. The van der Waals surface area contributed by atoms with Crippen molar-refractivity contribution >= 4 is 22.5 Å². The number of nitrogens with zero attached hydrogens (tertiary/aromatic N) is 2. The predicted molar refractivity (Wildman–Crippen MR) is 25.8 cm³/mol. The van der Waals surface area contributed by atoms with Crippen molar-refractivity contribution in [3.05, 3.63) is 12.3 Å². The molecule has 1 radical (unpaired) electrons. The molecule has 0 bridgehead atoms. The van der Waals surface area contributed by atoms with E-state index in [1.807, 2.05) is 0 Å². The molecule has 4 heteroatoms. The van der Waals surface area contributed by atoms with E-state index in [0.717, 1.165) is 0 Å². The van der Waals surface area contributed by atoms with E-state index in [4.69, 9.17) is 0 Å². The SMILES string of the molecule is O=C/C=C/N=N[Se]. The van der Waals surface area contributed by atoms with Crippen LogP contribution in [-0.2, 0) is 4.79 Å². The molecule has 0 N–H and O–H groups in total. The summed E-state index contributed by atoms with van der Waals surface area (Å²) in [6.45, 7) is 0. The molecule has 0 saturated carbocycles. The van der Waals surface area contributed by atoms with Gasteiger partial charge in [0.2, 0.25) is 0 Å². The van der Waals surface area contributed by atoms with Gasteiger partial charge in [0.1, 0.15) is 0 Å². The molecule has 0 aromatic rings. The van der Waals surface area contributed by atoms with Crippen molar-refractivity contribution in [2.45, 2.75) is 0 Å². The Morgan fingerprint density at radius 1 is 1.57 bits per heavy atom. The van der Waals surface area contributed by atoms with Gasteiger partial charge in [-0.15, -0.1) is 0 Å². The van der Waals surface area contributed by atoms with Crippen LogP contribution in [0.1, 0.15) is 0 Å². The second-order valence-electron chi connectivity index (χ2n) is 0.675. The van der Waals surface area contributed by atoms with Crippen LogP contribution in [0.2, 0.25) is 0 Å². The first kappa shape index (κ1) is 6.53. The number of aldehydes is 1. The van der Waals surface area contributed by atoms with E-state index >= 15 is 0 Å². The summed E-state index contributed by atoms with van der Waals surface area (Å²) in [6.07, 6.45) is 3.18. The van der Waals surface area contributed by atoms with Crippen molar-refractivity contribution in [1.29, 1.82) is 0 Å². The van der Waals surface area contributed by atoms with E-state index in [-0.39, 0.29) is 0 Å². The number of hydrogen-bond donors (Lipinski definition) is 0. The molecule has 0 aliphatic carbocycles. The fourth-order valence-corrected chi connectivity index (χ4v) is 0.215. The van der Waals surface area contributed by atoms with E-state index in [2.05, 4.69) is 25.5 Å². The Balaban J connectivity index is 3.27. The average Bonchev–Trinajstić information content (AvgIpc) is 1.69. The maximum absolute atomic E-state index is 9.48. The summed E-state index contributed by atoms with van der Waals surface area (Å²) in [5.74, 6) is 0. The number of carbonyl (C=O) groups is 1. The molecule has 0 saturated heterocycles. The number of rotatable bonds is 2. The molecular weight excluding hydrogens is 159 g/mol. The molecule has 0 aliphatic rings. The molecular formula is C3H3N2OSe. The van der Waals surface area contributed by atoms with Gasteiger partial charge in [-0.3, -0.25) is 0 Å². The molecule has 0 atom stereocenters. The molecule has 0 aromatic carbocycles. The van der Waals surface area contributed by atoms with Crippen LogP contribution in [0.4, 0.5) is 0 Å². The number of allylic oxidation sites excluding steroid dienone is 1. The summed E-state index contributed by atoms with van der Waals surface area (Å²) in [5.41, 5.74) is 0. The Bertz CT molecular complexity index is 99.1. The fourth-order valence-electron chi connectivity index (χ4n) is 0.101. The van der Waals surface area contributed by atoms with Crippen LogP contribution < -0.4 is 0 Å². The minimum atomic E-state index is 0.634. The van der Waals surface area contributed by atoms with E-state index < -0.39 is 0 Å². The van der Waals surface area contributed by atoms with Crippen molar-refractivity contribution in [3.8, 4) is 0 Å². The molecule has 0 heterocycles. The summed E-state index contributed by atoms with van der Waals surface area (Å²) in [7, 11) is 0. The monoisotopic (exact) mass is 163 g/mol. The third kappa shape index (κ3) is 5.53. The van der Waals surface area contributed by atoms with Crippen LogP contribution in [0.25, 0.3) is 0 Å². The Kier molecular flexibility index (Phi) is 5.16. The quantitative estimate of drug-likeness (QED) is 0.248. The molecule has 7 heavy (non-hydrogen) atoms. The van der Waals surface area contributed by atoms with Crippen LogP contribution in [-0.4, -0.2) is 22.5 Å². The summed E-state index contributed by atoms with van der Waals surface area (Å²) in [5, 5.41) is 3.32. The van der Waals surface area contributed by atoms with Gasteiger partial charge in [0.25, 0.3) is 0 Å². The van der Waals surface area contributed by atoms with Gasteiger partial charge in [-0.25, -0.2) is 0 Å². The summed E-state index contributed by atoms with van der Waals surface area (Å²) in [6, 6.07) is 0. The van der Waals surface area contributed by atoms with E-state index in [9.17, 15) is 4.79 Å². The Morgan fingerprint density at radius 3 is 2.71 bits per heavy atom. The zero-order valence-corrected chi connectivity index (χ0v) is 5.16. The van der Waals surface area contributed by atoms with Crippen LogP contribution in [0.15, 0.2) is 21.5 Å². The zero-order chi connectivity index (χ0) is 5.54. The summed E-state index contributed by atoms with van der Waals surface area (Å²) < 4.78 is 3.23. The molecule has 0 fully saturated rings. The first-order valence-corrected chi connectivity index (χ1v) is 2.31. The molecule has 37 valence electrons. The van der Waals surface area contributed by atoms with Crippen molar-refractivity contribution in [2.24, 2.45) is 9.24 Å². The standard InChI is InChI=1S/C3H3N2OSe/c6-3-1-2-4-5-7/h1-3H/b2-1+,5-4?. The molecule has 0 aliphatic heterocycles. The van der Waals surface area contributed by atoms with E-state index in [1.54, 1.807) is 0 Å². The van der Waals surface area contributed by atoms with E-state index in [1.165, 1.54) is 12.3 Å². The van der Waals surface area contributed by atoms with Crippen molar-refractivity contribution in [2.75, 3.05) is 0 Å². The average molecular weight is 162 g/mol. The van der Waals surface area contributed by atoms with Crippen LogP contribution in [0.3, 0.4) is 0 Å². The van der Waals surface area contributed by atoms with Gasteiger partial charge in [-0.1, -0.05) is 0 Å². The van der Waals surface area contributed by atoms with Crippen molar-refractivity contribution < 1.29 is 4.79 Å². The zero-order valence-electron chi connectivity index (χ0n) is 3.44. The van der Waals surface area contributed by atoms with Gasteiger partial charge in [-0.2, -0.15) is 0 Å². The third-order valence-electron chi connectivity index (χ3n) is 0.278. The first-order chi connectivity index (χ1) is 3.41. The summed E-state index contributed by atoms with van der Waals surface area (Å²) in [4.78, 5) is 9.48. The molecule has 0 unspecified atom stereocenters. The van der Waals surface area contributed by atoms with Gasteiger partial charge in [0, 0.05) is 0 Å². The predicted octanol–water partition coefficient (Wildman–Crippen LogP) is 0.235. The van der Waals surface area contributed by atoms with Crippen molar-refractivity contribution in [1.82, 2.24) is 0 Å². The maximum atomic E-state index is 9.48. The molecule has 0 rings (SSSR count). The molecule has 0 aromatic heterocycles. The van der Waals surface area contributed by atoms with Gasteiger partial charge in [0.15, 0.2) is 0 Å². The normalized spacial score (nSPS) is 10.9. The summed E-state index contributed by atoms with van der Waals surface area (Å²) >= 11 is 2.29. The Hall–Kier alpha value is -0.471. The minimum absolute atomic E-state index is 0.634. The van der Waals surface area contributed by atoms with Gasteiger partial charge < -0.3 is 0 Å². The van der Waals surface area contributed by atoms with Crippen molar-refractivity contribution in [3.63, 3.8) is 0 Å². The third-order valence-corrected chi connectivity index (χ3v) is 0.476. The molecule has 0 amide bonds. The molecule has 3 nitrogen and oxygen atoms in total. The van der Waals surface area contributed by atoms with Crippen LogP contribution >= 0.6 is 0 Å². The number of hydrogen-bond acceptors (Lipinski definition) is 3. The first-order valence-electron chi connectivity index (χ1n) is 1.54. The van der Waals surface area contributed by atoms with Crippen LogP contribution in [0.5, 0.6) is 0 Å². The van der Waals surface area contributed by atoms with Gasteiger partial charge in [0.05, 0.1) is 0 Å². The fraction of sp³-hybridized carbons (Fsp3) is 0. The topological polar surface area (TPSA) is 41.8 Å². The van der Waals surface area contributed by atoms with Gasteiger partial charge in [-0.05, 0) is 0 Å². The second-order valence-corrected chi connectivity index (χ2v) is 1.02. The molecule has 0 spiro atoms.